The average molecular weight is 385 g/mol. The van der Waals surface area contributed by atoms with Crippen molar-refractivity contribution in [3.8, 4) is 0 Å². The molecule has 2 nitrogen and oxygen atoms in total. The SMILES string of the molecule is O=C(CSCc1cccc(Br)c1)NCc1ccc(Cl)cc1. The first kappa shape index (κ1) is 16.4. The Morgan fingerprint density at radius 3 is 2.62 bits per heavy atom. The highest BCUT2D eigenvalue weighted by atomic mass is 79.9. The van der Waals surface area contributed by atoms with E-state index >= 15 is 0 Å². The van der Waals surface area contributed by atoms with E-state index in [1.165, 1.54) is 5.56 Å². The molecule has 0 aliphatic carbocycles. The maximum atomic E-state index is 11.8. The van der Waals surface area contributed by atoms with Gasteiger partial charge in [-0.3, -0.25) is 4.79 Å². The van der Waals surface area contributed by atoms with Gasteiger partial charge in [-0.1, -0.05) is 51.8 Å². The minimum Gasteiger partial charge on any atom is -0.351 e. The number of hydrogen-bond donors (Lipinski definition) is 1. The lowest BCUT2D eigenvalue weighted by Gasteiger charge is -2.06. The van der Waals surface area contributed by atoms with E-state index < -0.39 is 0 Å². The molecule has 5 heteroatoms. The van der Waals surface area contributed by atoms with Crippen LogP contribution in [0.4, 0.5) is 0 Å². The monoisotopic (exact) mass is 383 g/mol. The number of amides is 1. The summed E-state index contributed by atoms with van der Waals surface area (Å²) in [5.41, 5.74) is 2.25. The summed E-state index contributed by atoms with van der Waals surface area (Å²) in [6, 6.07) is 15.6. The molecule has 0 aliphatic heterocycles. The lowest BCUT2D eigenvalue weighted by atomic mass is 10.2. The van der Waals surface area contributed by atoms with Gasteiger partial charge in [0, 0.05) is 21.8 Å². The molecule has 0 aliphatic rings. The quantitative estimate of drug-likeness (QED) is 0.785. The number of thioether (sulfide) groups is 1. The third-order valence-electron chi connectivity index (χ3n) is 2.79. The van der Waals surface area contributed by atoms with E-state index in [2.05, 4.69) is 33.4 Å². The van der Waals surface area contributed by atoms with E-state index in [0.29, 0.717) is 17.3 Å². The first-order chi connectivity index (χ1) is 10.1. The van der Waals surface area contributed by atoms with E-state index in [0.717, 1.165) is 15.8 Å². The second kappa shape index (κ2) is 8.47. The Morgan fingerprint density at radius 1 is 1.14 bits per heavy atom. The van der Waals surface area contributed by atoms with Crippen LogP contribution in [0.3, 0.4) is 0 Å². The highest BCUT2D eigenvalue weighted by molar-refractivity contribution is 9.10. The molecule has 0 aromatic heterocycles. The minimum absolute atomic E-state index is 0.0462. The Hall–Kier alpha value is -0.970. The molecular weight excluding hydrogens is 370 g/mol. The number of rotatable bonds is 6. The second-order valence-electron chi connectivity index (χ2n) is 4.53. The number of carbonyl (C=O) groups excluding carboxylic acids is 1. The summed E-state index contributed by atoms with van der Waals surface area (Å²) >= 11 is 10.9. The van der Waals surface area contributed by atoms with Gasteiger partial charge in [0.25, 0.3) is 0 Å². The molecule has 0 saturated carbocycles. The van der Waals surface area contributed by atoms with Crippen LogP contribution in [0.1, 0.15) is 11.1 Å². The topological polar surface area (TPSA) is 29.1 Å². The molecule has 0 bridgehead atoms. The molecule has 2 aromatic rings. The zero-order valence-electron chi connectivity index (χ0n) is 11.3. The van der Waals surface area contributed by atoms with Crippen LogP contribution in [0.5, 0.6) is 0 Å². The fourth-order valence-electron chi connectivity index (χ4n) is 1.74. The maximum absolute atomic E-state index is 11.8. The van der Waals surface area contributed by atoms with Crippen molar-refractivity contribution in [3.05, 3.63) is 69.2 Å². The number of carbonyl (C=O) groups is 1. The van der Waals surface area contributed by atoms with Gasteiger partial charge in [-0.05, 0) is 35.4 Å². The predicted molar refractivity (Wildman–Crippen MR) is 93.6 cm³/mol. The maximum Gasteiger partial charge on any atom is 0.230 e. The van der Waals surface area contributed by atoms with Crippen molar-refractivity contribution in [1.82, 2.24) is 5.32 Å². The van der Waals surface area contributed by atoms with Gasteiger partial charge in [0.1, 0.15) is 0 Å². The Morgan fingerprint density at radius 2 is 1.90 bits per heavy atom. The lowest BCUT2D eigenvalue weighted by molar-refractivity contribution is -0.118. The molecule has 1 N–H and O–H groups in total. The van der Waals surface area contributed by atoms with E-state index in [1.54, 1.807) is 11.8 Å². The molecule has 0 atom stereocenters. The number of hydrogen-bond acceptors (Lipinski definition) is 2. The first-order valence-corrected chi connectivity index (χ1v) is 8.79. The van der Waals surface area contributed by atoms with Gasteiger partial charge in [0.15, 0.2) is 0 Å². The van der Waals surface area contributed by atoms with Gasteiger partial charge in [-0.2, -0.15) is 0 Å². The summed E-state index contributed by atoms with van der Waals surface area (Å²) in [5, 5.41) is 3.61. The van der Waals surface area contributed by atoms with Crippen LogP contribution >= 0.6 is 39.3 Å². The molecule has 2 aromatic carbocycles. The predicted octanol–water partition coefficient (Wildman–Crippen LogP) is 4.65. The number of halogens is 2. The highest BCUT2D eigenvalue weighted by Gasteiger charge is 2.02. The summed E-state index contributed by atoms with van der Waals surface area (Å²) in [5.74, 6) is 1.33. The molecule has 2 rings (SSSR count). The van der Waals surface area contributed by atoms with Crippen LogP contribution in [0, 0.1) is 0 Å². The van der Waals surface area contributed by atoms with Crippen LogP contribution < -0.4 is 5.32 Å². The molecule has 0 unspecified atom stereocenters. The van der Waals surface area contributed by atoms with Crippen molar-refractivity contribution in [2.24, 2.45) is 0 Å². The third-order valence-corrected chi connectivity index (χ3v) is 4.54. The molecule has 0 spiro atoms. The zero-order chi connectivity index (χ0) is 15.1. The summed E-state index contributed by atoms with van der Waals surface area (Å²) < 4.78 is 1.06. The Kier molecular flexibility index (Phi) is 6.61. The molecule has 0 saturated heterocycles. The third kappa shape index (κ3) is 6.12. The van der Waals surface area contributed by atoms with Gasteiger partial charge in [0.05, 0.1) is 5.75 Å². The zero-order valence-corrected chi connectivity index (χ0v) is 14.5. The second-order valence-corrected chi connectivity index (χ2v) is 6.86. The molecule has 0 radical (unpaired) electrons. The van der Waals surface area contributed by atoms with Gasteiger partial charge < -0.3 is 5.32 Å². The summed E-state index contributed by atoms with van der Waals surface area (Å²) in [6.07, 6.45) is 0. The number of nitrogens with one attached hydrogen (secondary N) is 1. The van der Waals surface area contributed by atoms with Crippen LogP contribution in [-0.2, 0) is 17.1 Å². The van der Waals surface area contributed by atoms with Crippen molar-refractivity contribution in [1.29, 1.82) is 0 Å². The van der Waals surface area contributed by atoms with Gasteiger partial charge >= 0.3 is 0 Å². The van der Waals surface area contributed by atoms with Crippen LogP contribution in [0.15, 0.2) is 53.0 Å². The van der Waals surface area contributed by atoms with E-state index in [1.807, 2.05) is 36.4 Å². The molecule has 0 fully saturated rings. The van der Waals surface area contributed by atoms with E-state index in [-0.39, 0.29) is 5.91 Å². The fraction of sp³-hybridized carbons (Fsp3) is 0.188. The Labute approximate surface area is 142 Å². The Bertz CT molecular complexity index is 603. The minimum atomic E-state index is 0.0462. The first-order valence-electron chi connectivity index (χ1n) is 6.47. The van der Waals surface area contributed by atoms with Crippen molar-refractivity contribution < 1.29 is 4.79 Å². The molecule has 110 valence electrons. The van der Waals surface area contributed by atoms with Gasteiger partial charge in [-0.25, -0.2) is 0 Å². The van der Waals surface area contributed by atoms with E-state index in [4.69, 9.17) is 11.6 Å². The van der Waals surface area contributed by atoms with Crippen molar-refractivity contribution >= 4 is 45.2 Å². The Balaban J connectivity index is 1.69. The lowest BCUT2D eigenvalue weighted by Crippen LogP contribution is -2.24. The van der Waals surface area contributed by atoms with E-state index in [9.17, 15) is 4.79 Å². The summed E-state index contributed by atoms with van der Waals surface area (Å²) in [7, 11) is 0. The van der Waals surface area contributed by atoms with Crippen LogP contribution in [-0.4, -0.2) is 11.7 Å². The standard InChI is InChI=1S/C16H15BrClNOS/c17-14-3-1-2-13(8-14)10-21-11-16(20)19-9-12-4-6-15(18)7-5-12/h1-8H,9-11H2,(H,19,20). The van der Waals surface area contributed by atoms with Crippen LogP contribution in [0.2, 0.25) is 5.02 Å². The van der Waals surface area contributed by atoms with Gasteiger partial charge in [-0.15, -0.1) is 11.8 Å². The fourth-order valence-corrected chi connectivity index (χ4v) is 3.12. The van der Waals surface area contributed by atoms with Gasteiger partial charge in [0.2, 0.25) is 5.91 Å². The molecule has 21 heavy (non-hydrogen) atoms. The molecule has 0 heterocycles. The normalized spacial score (nSPS) is 10.4. The average Bonchev–Trinajstić information content (AvgIpc) is 2.47. The number of benzene rings is 2. The highest BCUT2D eigenvalue weighted by Crippen LogP contribution is 2.17. The largest absolute Gasteiger partial charge is 0.351 e. The van der Waals surface area contributed by atoms with Crippen molar-refractivity contribution in [2.75, 3.05) is 5.75 Å². The molecular formula is C16H15BrClNOS. The summed E-state index contributed by atoms with van der Waals surface area (Å²) in [6.45, 7) is 0.535. The summed E-state index contributed by atoms with van der Waals surface area (Å²) in [4.78, 5) is 11.8. The molecule has 1 amide bonds. The van der Waals surface area contributed by atoms with Crippen molar-refractivity contribution in [2.45, 2.75) is 12.3 Å². The van der Waals surface area contributed by atoms with Crippen LogP contribution in [0.25, 0.3) is 0 Å². The van der Waals surface area contributed by atoms with Crippen molar-refractivity contribution in [3.63, 3.8) is 0 Å². The smallest absolute Gasteiger partial charge is 0.230 e.